The number of aliphatic carboxylic acids is 2. The molecule has 0 saturated heterocycles. The zero-order valence-corrected chi connectivity index (χ0v) is 27.7. The largest absolute Gasteiger partial charge is 0.481 e. The lowest BCUT2D eigenvalue weighted by Crippen LogP contribution is -2.13. The highest BCUT2D eigenvalue weighted by Gasteiger charge is 2.16. The van der Waals surface area contributed by atoms with Gasteiger partial charge in [0.2, 0.25) is 0 Å². The number of carbonyl (C=O) groups is 2. The molecule has 4 nitrogen and oxygen atoms in total. The molecule has 0 atom stereocenters. The monoisotopic (exact) mass is 569 g/mol. The Labute approximate surface area is 250 Å². The van der Waals surface area contributed by atoms with Crippen LogP contribution < -0.4 is 0 Å². The molecule has 2 N–H and O–H groups in total. The van der Waals surface area contributed by atoms with E-state index in [1.807, 2.05) is 0 Å². The fourth-order valence-electron chi connectivity index (χ4n) is 5.33. The molecular weight excluding hydrogens is 496 g/mol. The minimum atomic E-state index is -0.654. The molecule has 0 amide bonds. The van der Waals surface area contributed by atoms with Crippen LogP contribution in [0, 0.1) is 11.8 Å². The molecule has 0 aromatic heterocycles. The molecular formula is C36H72O4. The summed E-state index contributed by atoms with van der Waals surface area (Å²) in [6.45, 7) is 9.06. The zero-order valence-electron chi connectivity index (χ0n) is 27.7. The molecule has 0 radical (unpaired) electrons. The third kappa shape index (κ3) is 36.9. The van der Waals surface area contributed by atoms with E-state index in [0.29, 0.717) is 6.42 Å². The molecule has 0 rings (SSSR count). The van der Waals surface area contributed by atoms with E-state index < -0.39 is 11.9 Å². The molecule has 0 aromatic rings. The van der Waals surface area contributed by atoms with E-state index in [0.717, 1.165) is 44.4 Å². The van der Waals surface area contributed by atoms with Crippen molar-refractivity contribution in [1.29, 1.82) is 0 Å². The zero-order chi connectivity index (χ0) is 30.1. The number of hydrogen-bond donors (Lipinski definition) is 2. The van der Waals surface area contributed by atoms with Crippen LogP contribution in [0.25, 0.3) is 0 Å². The fraction of sp³-hybridized carbons (Fsp3) is 0.944. The first-order valence-corrected chi connectivity index (χ1v) is 17.8. The highest BCUT2D eigenvalue weighted by Crippen LogP contribution is 2.19. The van der Waals surface area contributed by atoms with Crippen molar-refractivity contribution in [3.05, 3.63) is 0 Å². The minimum absolute atomic E-state index is 0.0904. The summed E-state index contributed by atoms with van der Waals surface area (Å²) in [7, 11) is 0. The van der Waals surface area contributed by atoms with E-state index in [4.69, 9.17) is 5.11 Å². The van der Waals surface area contributed by atoms with E-state index in [9.17, 15) is 14.7 Å². The number of hydrogen-bond acceptors (Lipinski definition) is 2. The molecule has 0 aliphatic rings. The van der Waals surface area contributed by atoms with Crippen LogP contribution >= 0.6 is 0 Å². The third-order valence-corrected chi connectivity index (χ3v) is 8.08. The van der Waals surface area contributed by atoms with Crippen molar-refractivity contribution >= 4 is 11.9 Å². The van der Waals surface area contributed by atoms with E-state index in [2.05, 4.69) is 27.7 Å². The van der Waals surface area contributed by atoms with Crippen LogP contribution in [0.2, 0.25) is 0 Å². The highest BCUT2D eigenvalue weighted by molar-refractivity contribution is 5.69. The van der Waals surface area contributed by atoms with E-state index in [1.165, 1.54) is 135 Å². The second kappa shape index (κ2) is 34.1. The maximum atomic E-state index is 11.2. The van der Waals surface area contributed by atoms with Crippen LogP contribution in [0.15, 0.2) is 0 Å². The molecule has 0 saturated carbocycles. The van der Waals surface area contributed by atoms with Gasteiger partial charge in [0.15, 0.2) is 0 Å². The van der Waals surface area contributed by atoms with Crippen LogP contribution in [0.1, 0.15) is 207 Å². The van der Waals surface area contributed by atoms with E-state index in [1.54, 1.807) is 0 Å². The summed E-state index contributed by atoms with van der Waals surface area (Å²) in [5, 5.41) is 17.8. The van der Waals surface area contributed by atoms with Gasteiger partial charge in [-0.15, -0.1) is 0 Å². The van der Waals surface area contributed by atoms with Gasteiger partial charge in [-0.3, -0.25) is 9.59 Å². The van der Waals surface area contributed by atoms with Crippen molar-refractivity contribution in [3.63, 3.8) is 0 Å². The number of rotatable bonds is 30. The van der Waals surface area contributed by atoms with Gasteiger partial charge >= 0.3 is 11.9 Å². The molecule has 240 valence electrons. The second-order valence-corrected chi connectivity index (χ2v) is 12.7. The molecule has 0 bridgehead atoms. The smallest absolute Gasteiger partial charge is 0.306 e. The number of unbranched alkanes of at least 4 members (excludes halogenated alkanes) is 21. The van der Waals surface area contributed by atoms with E-state index >= 15 is 0 Å². The Kier molecular flexibility index (Phi) is 35.1. The van der Waals surface area contributed by atoms with Gasteiger partial charge in [0.1, 0.15) is 0 Å². The maximum Gasteiger partial charge on any atom is 0.306 e. The normalized spacial score (nSPS) is 11.2. The molecule has 0 unspecified atom stereocenters. The predicted octanol–water partition coefficient (Wildman–Crippen LogP) is 12.4. The summed E-state index contributed by atoms with van der Waals surface area (Å²) in [6.07, 6.45) is 34.1. The quantitative estimate of drug-likeness (QED) is 0.0845. The average Bonchev–Trinajstić information content (AvgIpc) is 2.91. The lowest BCUT2D eigenvalue weighted by molar-refractivity contribution is -0.142. The van der Waals surface area contributed by atoms with Gasteiger partial charge < -0.3 is 10.2 Å². The third-order valence-electron chi connectivity index (χ3n) is 8.08. The Morgan fingerprint density at radius 2 is 0.750 bits per heavy atom. The van der Waals surface area contributed by atoms with Crippen molar-refractivity contribution in [3.8, 4) is 0 Å². The van der Waals surface area contributed by atoms with Crippen LogP contribution in [-0.2, 0) is 9.59 Å². The lowest BCUT2D eigenvalue weighted by atomic mass is 9.94. The summed E-state index contributed by atoms with van der Waals surface area (Å²) in [5.41, 5.74) is 0. The van der Waals surface area contributed by atoms with Crippen molar-refractivity contribution < 1.29 is 19.8 Å². The molecule has 40 heavy (non-hydrogen) atoms. The summed E-state index contributed by atoms with van der Waals surface area (Å²) >= 11 is 0. The fourth-order valence-corrected chi connectivity index (χ4v) is 5.33. The molecule has 0 aliphatic heterocycles. The van der Waals surface area contributed by atoms with Gasteiger partial charge in [0, 0.05) is 6.42 Å². The van der Waals surface area contributed by atoms with E-state index in [-0.39, 0.29) is 5.92 Å². The van der Waals surface area contributed by atoms with Gasteiger partial charge in [0.25, 0.3) is 0 Å². The highest BCUT2D eigenvalue weighted by atomic mass is 16.4. The predicted molar refractivity (Wildman–Crippen MR) is 174 cm³/mol. The van der Waals surface area contributed by atoms with Crippen molar-refractivity contribution in [1.82, 2.24) is 0 Å². The van der Waals surface area contributed by atoms with Crippen LogP contribution in [-0.4, -0.2) is 22.2 Å². The Morgan fingerprint density at radius 1 is 0.450 bits per heavy atom. The number of carboxylic acid groups (broad SMARTS) is 2. The summed E-state index contributed by atoms with van der Waals surface area (Å²) in [4.78, 5) is 21.6. The number of carboxylic acids is 2. The van der Waals surface area contributed by atoms with Crippen molar-refractivity contribution in [2.75, 3.05) is 0 Å². The second-order valence-electron chi connectivity index (χ2n) is 12.7. The minimum Gasteiger partial charge on any atom is -0.481 e. The Bertz CT molecular complexity index is 501. The Hall–Kier alpha value is -1.06. The first kappa shape index (κ1) is 41.1. The van der Waals surface area contributed by atoms with Gasteiger partial charge in [0.05, 0.1) is 5.92 Å². The molecule has 0 heterocycles. The standard InChI is InChI=1S/2C18H36O2/c1-17(2)15-13-11-9-7-5-3-4-6-8-10-12-14-16-18(19)20;1-3-5-7-9-11-13-15-17(18(19)20)16-14-12-10-8-6-4-2/h2*17H,3-16H2,1-2H3,(H,19,20). The van der Waals surface area contributed by atoms with Crippen LogP contribution in [0.3, 0.4) is 0 Å². The molecule has 0 aliphatic carbocycles. The SMILES string of the molecule is CC(C)CCCCCCCCCCCCCCC(=O)O.CCCCCCCCC(CCCCCCCC)C(=O)O. The summed E-state index contributed by atoms with van der Waals surface area (Å²) in [6, 6.07) is 0. The van der Waals surface area contributed by atoms with Crippen molar-refractivity contribution in [2.24, 2.45) is 11.8 Å². The van der Waals surface area contributed by atoms with Crippen LogP contribution in [0.5, 0.6) is 0 Å². The van der Waals surface area contributed by atoms with Gasteiger partial charge in [-0.05, 0) is 25.2 Å². The van der Waals surface area contributed by atoms with Gasteiger partial charge in [-0.2, -0.15) is 0 Å². The average molecular weight is 569 g/mol. The topological polar surface area (TPSA) is 74.6 Å². The van der Waals surface area contributed by atoms with Crippen LogP contribution in [0.4, 0.5) is 0 Å². The molecule has 4 heteroatoms. The summed E-state index contributed by atoms with van der Waals surface area (Å²) < 4.78 is 0. The first-order valence-electron chi connectivity index (χ1n) is 17.8. The molecule has 0 aromatic carbocycles. The molecule has 0 spiro atoms. The van der Waals surface area contributed by atoms with Gasteiger partial charge in [-0.1, -0.05) is 182 Å². The molecule has 0 fully saturated rings. The van der Waals surface area contributed by atoms with Crippen molar-refractivity contribution in [2.45, 2.75) is 207 Å². The van der Waals surface area contributed by atoms with Gasteiger partial charge in [-0.25, -0.2) is 0 Å². The first-order chi connectivity index (χ1) is 19.3. The maximum absolute atomic E-state index is 11.2. The Balaban J connectivity index is 0. The Morgan fingerprint density at radius 3 is 1.05 bits per heavy atom. The summed E-state index contributed by atoms with van der Waals surface area (Å²) in [5.74, 6) is -0.455. The lowest BCUT2D eigenvalue weighted by Gasteiger charge is -2.12.